The normalized spacial score (nSPS) is 23.8. The van der Waals surface area contributed by atoms with Gasteiger partial charge in [-0.1, -0.05) is 13.8 Å². The van der Waals surface area contributed by atoms with E-state index in [1.54, 1.807) is 0 Å². The molecule has 0 aromatic carbocycles. The second-order valence-electron chi connectivity index (χ2n) is 5.83. The van der Waals surface area contributed by atoms with E-state index < -0.39 is 0 Å². The van der Waals surface area contributed by atoms with Crippen LogP contribution in [0, 0.1) is 23.7 Å². The molecule has 2 heteroatoms. The monoisotopic (exact) mass is 210 g/mol. The molecule has 2 rings (SSSR count). The molecule has 1 atom stereocenters. The van der Waals surface area contributed by atoms with Crippen molar-refractivity contribution < 1.29 is 0 Å². The molecule has 15 heavy (non-hydrogen) atoms. The van der Waals surface area contributed by atoms with E-state index >= 15 is 0 Å². The van der Waals surface area contributed by atoms with Crippen LogP contribution in [-0.4, -0.2) is 19.1 Å². The zero-order valence-corrected chi connectivity index (χ0v) is 10.2. The molecular formula is C13H26N2. The zero-order chi connectivity index (χ0) is 10.8. The summed E-state index contributed by atoms with van der Waals surface area (Å²) in [7, 11) is 0. The molecule has 0 amide bonds. The van der Waals surface area contributed by atoms with Crippen molar-refractivity contribution in [2.45, 2.75) is 45.6 Å². The predicted molar refractivity (Wildman–Crippen MR) is 64.6 cm³/mol. The SMILES string of the molecule is CC(C)C(CN)NCC(C1CC1)C1CC1. The van der Waals surface area contributed by atoms with Crippen LogP contribution in [-0.2, 0) is 0 Å². The van der Waals surface area contributed by atoms with E-state index in [1.165, 1.54) is 32.2 Å². The molecule has 0 aromatic rings. The van der Waals surface area contributed by atoms with Gasteiger partial charge in [0.15, 0.2) is 0 Å². The van der Waals surface area contributed by atoms with Crippen molar-refractivity contribution in [2.24, 2.45) is 29.4 Å². The Bertz CT molecular complexity index is 183. The van der Waals surface area contributed by atoms with Gasteiger partial charge in [0.2, 0.25) is 0 Å². The Morgan fingerprint density at radius 2 is 1.67 bits per heavy atom. The predicted octanol–water partition coefficient (Wildman–Crippen LogP) is 2.00. The fourth-order valence-electron chi connectivity index (χ4n) is 2.65. The average molecular weight is 210 g/mol. The highest BCUT2D eigenvalue weighted by molar-refractivity contribution is 4.93. The minimum absolute atomic E-state index is 0.519. The lowest BCUT2D eigenvalue weighted by molar-refractivity contribution is 0.324. The number of hydrogen-bond donors (Lipinski definition) is 2. The quantitative estimate of drug-likeness (QED) is 0.674. The molecule has 0 spiro atoms. The standard InChI is InChI=1S/C13H26N2/c1-9(2)13(7-14)15-8-12(10-3-4-10)11-5-6-11/h9-13,15H,3-8,14H2,1-2H3. The molecular weight excluding hydrogens is 184 g/mol. The van der Waals surface area contributed by atoms with E-state index in [2.05, 4.69) is 19.2 Å². The van der Waals surface area contributed by atoms with Crippen molar-refractivity contribution in [1.29, 1.82) is 0 Å². The third kappa shape index (κ3) is 3.18. The summed E-state index contributed by atoms with van der Waals surface area (Å²) in [6.07, 6.45) is 5.94. The molecule has 2 nitrogen and oxygen atoms in total. The number of nitrogens with one attached hydrogen (secondary N) is 1. The van der Waals surface area contributed by atoms with Crippen LogP contribution in [0.2, 0.25) is 0 Å². The Morgan fingerprint density at radius 1 is 1.13 bits per heavy atom. The Kier molecular flexibility index (Phi) is 3.68. The van der Waals surface area contributed by atoms with E-state index in [1.807, 2.05) is 0 Å². The minimum Gasteiger partial charge on any atom is -0.329 e. The summed E-state index contributed by atoms with van der Waals surface area (Å²) in [5.41, 5.74) is 5.78. The van der Waals surface area contributed by atoms with Crippen molar-refractivity contribution in [3.05, 3.63) is 0 Å². The van der Waals surface area contributed by atoms with Crippen LogP contribution >= 0.6 is 0 Å². The largest absolute Gasteiger partial charge is 0.329 e. The van der Waals surface area contributed by atoms with Crippen molar-refractivity contribution in [3.63, 3.8) is 0 Å². The summed E-state index contributed by atoms with van der Waals surface area (Å²) in [5.74, 6) is 3.73. The molecule has 0 aromatic heterocycles. The van der Waals surface area contributed by atoms with Crippen LogP contribution in [0.25, 0.3) is 0 Å². The summed E-state index contributed by atoms with van der Waals surface area (Å²) in [4.78, 5) is 0. The van der Waals surface area contributed by atoms with Crippen LogP contribution in [0.4, 0.5) is 0 Å². The maximum absolute atomic E-state index is 5.78. The Labute approximate surface area is 94.0 Å². The summed E-state index contributed by atoms with van der Waals surface area (Å²) in [6, 6.07) is 0.519. The molecule has 2 fully saturated rings. The molecule has 88 valence electrons. The third-order valence-electron chi connectivity index (χ3n) is 4.13. The molecule has 2 aliphatic carbocycles. The first kappa shape index (κ1) is 11.4. The molecule has 1 unspecified atom stereocenters. The highest BCUT2D eigenvalue weighted by Crippen LogP contribution is 2.48. The van der Waals surface area contributed by atoms with Gasteiger partial charge in [-0.25, -0.2) is 0 Å². The summed E-state index contributed by atoms with van der Waals surface area (Å²) in [6.45, 7) is 6.51. The van der Waals surface area contributed by atoms with Crippen molar-refractivity contribution >= 4 is 0 Å². The fourth-order valence-corrected chi connectivity index (χ4v) is 2.65. The van der Waals surface area contributed by atoms with Crippen molar-refractivity contribution in [3.8, 4) is 0 Å². The summed E-state index contributed by atoms with van der Waals surface area (Å²) in [5, 5.41) is 3.69. The number of rotatable bonds is 7. The van der Waals surface area contributed by atoms with Gasteiger partial charge in [0.05, 0.1) is 0 Å². The zero-order valence-electron chi connectivity index (χ0n) is 10.2. The van der Waals surface area contributed by atoms with Crippen LogP contribution < -0.4 is 11.1 Å². The van der Waals surface area contributed by atoms with Gasteiger partial charge in [0.25, 0.3) is 0 Å². The Hall–Kier alpha value is -0.0800. The van der Waals surface area contributed by atoms with Crippen LogP contribution in [0.3, 0.4) is 0 Å². The highest BCUT2D eigenvalue weighted by Gasteiger charge is 2.41. The molecule has 3 N–H and O–H groups in total. The highest BCUT2D eigenvalue weighted by atomic mass is 14.9. The van der Waals surface area contributed by atoms with E-state index in [0.717, 1.165) is 24.3 Å². The van der Waals surface area contributed by atoms with Gasteiger partial charge in [0.1, 0.15) is 0 Å². The number of hydrogen-bond acceptors (Lipinski definition) is 2. The molecule has 0 heterocycles. The smallest absolute Gasteiger partial charge is 0.0213 e. The van der Waals surface area contributed by atoms with E-state index in [-0.39, 0.29) is 0 Å². The molecule has 2 saturated carbocycles. The first-order valence-electron chi connectivity index (χ1n) is 6.65. The molecule has 0 aliphatic heterocycles. The van der Waals surface area contributed by atoms with Gasteiger partial charge in [0, 0.05) is 12.6 Å². The van der Waals surface area contributed by atoms with Crippen LogP contribution in [0.1, 0.15) is 39.5 Å². The van der Waals surface area contributed by atoms with E-state index in [9.17, 15) is 0 Å². The molecule has 0 bridgehead atoms. The van der Waals surface area contributed by atoms with Gasteiger partial charge in [-0.05, 0) is 55.9 Å². The second-order valence-corrected chi connectivity index (χ2v) is 5.83. The maximum atomic E-state index is 5.78. The van der Waals surface area contributed by atoms with Crippen molar-refractivity contribution in [2.75, 3.05) is 13.1 Å². The van der Waals surface area contributed by atoms with Gasteiger partial charge >= 0.3 is 0 Å². The lowest BCUT2D eigenvalue weighted by Crippen LogP contribution is -2.43. The first-order valence-corrected chi connectivity index (χ1v) is 6.65. The molecule has 0 radical (unpaired) electrons. The first-order chi connectivity index (χ1) is 7.22. The number of nitrogens with two attached hydrogens (primary N) is 1. The Balaban J connectivity index is 1.74. The summed E-state index contributed by atoms with van der Waals surface area (Å²) >= 11 is 0. The third-order valence-corrected chi connectivity index (χ3v) is 4.13. The van der Waals surface area contributed by atoms with Gasteiger partial charge in [-0.2, -0.15) is 0 Å². The van der Waals surface area contributed by atoms with E-state index in [0.29, 0.717) is 12.0 Å². The van der Waals surface area contributed by atoms with Crippen LogP contribution in [0.15, 0.2) is 0 Å². The maximum Gasteiger partial charge on any atom is 0.0213 e. The lowest BCUT2D eigenvalue weighted by Gasteiger charge is -2.24. The summed E-state index contributed by atoms with van der Waals surface area (Å²) < 4.78 is 0. The lowest BCUT2D eigenvalue weighted by atomic mass is 9.96. The Morgan fingerprint density at radius 3 is 2.00 bits per heavy atom. The fraction of sp³-hybridized carbons (Fsp3) is 1.00. The van der Waals surface area contributed by atoms with Gasteiger partial charge in [-0.3, -0.25) is 0 Å². The van der Waals surface area contributed by atoms with Gasteiger partial charge in [-0.15, -0.1) is 0 Å². The topological polar surface area (TPSA) is 38.0 Å². The second kappa shape index (κ2) is 4.84. The van der Waals surface area contributed by atoms with Crippen LogP contribution in [0.5, 0.6) is 0 Å². The average Bonchev–Trinajstić information content (AvgIpc) is 3.00. The van der Waals surface area contributed by atoms with E-state index in [4.69, 9.17) is 5.73 Å². The van der Waals surface area contributed by atoms with Gasteiger partial charge < -0.3 is 11.1 Å². The minimum atomic E-state index is 0.519. The molecule has 2 aliphatic rings. The molecule has 0 saturated heterocycles. The van der Waals surface area contributed by atoms with Crippen molar-refractivity contribution in [1.82, 2.24) is 5.32 Å².